The molecular formula is C41H43BrF3N5O5. The summed E-state index contributed by atoms with van der Waals surface area (Å²) in [5, 5.41) is 18.2. The van der Waals surface area contributed by atoms with Gasteiger partial charge in [0.05, 0.1) is 79.4 Å². The Morgan fingerprint density at radius 3 is 1.49 bits per heavy atom. The van der Waals surface area contributed by atoms with E-state index in [0.717, 1.165) is 45.1 Å². The molecule has 2 saturated heterocycles. The maximum absolute atomic E-state index is 12.9. The first kappa shape index (κ1) is 41.9. The molecule has 0 N–H and O–H groups in total. The predicted molar refractivity (Wildman–Crippen MR) is 197 cm³/mol. The normalized spacial score (nSPS) is 22.6. The van der Waals surface area contributed by atoms with Crippen LogP contribution in [0.25, 0.3) is 0 Å². The minimum absolute atomic E-state index is 0.225. The van der Waals surface area contributed by atoms with Crippen LogP contribution in [-0.2, 0) is 34.6 Å². The van der Waals surface area contributed by atoms with Gasteiger partial charge in [-0.15, -0.1) is 6.42 Å². The van der Waals surface area contributed by atoms with Crippen molar-refractivity contribution in [2.75, 3.05) is 26.4 Å². The summed E-state index contributed by atoms with van der Waals surface area (Å²) in [7, 11) is 0. The van der Waals surface area contributed by atoms with Crippen LogP contribution >= 0.6 is 15.9 Å². The average molecular weight is 823 g/mol. The van der Waals surface area contributed by atoms with E-state index in [1.165, 1.54) is 30.6 Å². The van der Waals surface area contributed by atoms with Crippen molar-refractivity contribution in [1.82, 2.24) is 15.0 Å². The number of ketones is 1. The Morgan fingerprint density at radius 2 is 1.11 bits per heavy atom. The summed E-state index contributed by atoms with van der Waals surface area (Å²) in [5.74, 6) is 1.34. The van der Waals surface area contributed by atoms with Gasteiger partial charge < -0.3 is 18.9 Å². The van der Waals surface area contributed by atoms with Gasteiger partial charge in [0, 0.05) is 44.4 Å². The zero-order valence-corrected chi connectivity index (χ0v) is 32.0. The smallest absolute Gasteiger partial charge is 0.168 e. The number of halogens is 4. The number of carbonyl (C=O) groups is 1. The number of pyridine rings is 3. The zero-order chi connectivity index (χ0) is 39.4. The van der Waals surface area contributed by atoms with Crippen LogP contribution in [0.5, 0.6) is 0 Å². The minimum atomic E-state index is -0.645. The molecule has 0 unspecified atom stereocenters. The highest BCUT2D eigenvalue weighted by Crippen LogP contribution is 2.45. The lowest BCUT2D eigenvalue weighted by Crippen LogP contribution is -2.41. The van der Waals surface area contributed by atoms with Crippen molar-refractivity contribution in [1.29, 1.82) is 10.5 Å². The summed E-state index contributed by atoms with van der Waals surface area (Å²) in [5.41, 5.74) is 0.212. The second kappa shape index (κ2) is 19.1. The summed E-state index contributed by atoms with van der Waals surface area (Å²) in [6.45, 7) is 2.68. The van der Waals surface area contributed by atoms with E-state index in [9.17, 15) is 23.2 Å². The van der Waals surface area contributed by atoms with Crippen LogP contribution in [0.2, 0.25) is 0 Å². The highest BCUT2D eigenvalue weighted by atomic mass is 79.9. The Balaban J connectivity index is 0.000000147. The number of nitrogens with zero attached hydrogens (tertiary/aromatic N) is 5. The summed E-state index contributed by atoms with van der Waals surface area (Å²) in [4.78, 5) is 22.9. The number of terminal acetylenes is 1. The molecule has 8 rings (SSSR count). The molecule has 5 aliphatic rings. The van der Waals surface area contributed by atoms with E-state index in [1.54, 1.807) is 18.2 Å². The lowest BCUT2D eigenvalue weighted by Gasteiger charge is -2.39. The van der Waals surface area contributed by atoms with Crippen molar-refractivity contribution >= 4 is 21.7 Å². The van der Waals surface area contributed by atoms with E-state index in [1.807, 2.05) is 0 Å². The number of ether oxygens (including phenoxy) is 4. The van der Waals surface area contributed by atoms with Gasteiger partial charge in [-0.1, -0.05) is 5.92 Å². The van der Waals surface area contributed by atoms with E-state index in [2.05, 4.69) is 48.9 Å². The molecule has 290 valence electrons. The predicted octanol–water partition coefficient (Wildman–Crippen LogP) is 7.96. The minimum Gasteiger partial charge on any atom is -0.348 e. The van der Waals surface area contributed by atoms with Crippen molar-refractivity contribution in [2.24, 2.45) is 5.92 Å². The van der Waals surface area contributed by atoms with Gasteiger partial charge in [0.15, 0.2) is 11.6 Å². The second-order valence-corrected chi connectivity index (χ2v) is 14.9. The molecule has 10 nitrogen and oxygen atoms in total. The van der Waals surface area contributed by atoms with Gasteiger partial charge in [-0.3, -0.25) is 14.8 Å². The first-order valence-electron chi connectivity index (χ1n) is 18.4. The van der Waals surface area contributed by atoms with Crippen molar-refractivity contribution in [3.63, 3.8) is 0 Å². The molecular weight excluding hydrogens is 779 g/mol. The van der Waals surface area contributed by atoms with Gasteiger partial charge in [0.2, 0.25) is 0 Å². The van der Waals surface area contributed by atoms with Crippen LogP contribution < -0.4 is 0 Å². The van der Waals surface area contributed by atoms with Crippen LogP contribution in [0, 0.1) is 58.4 Å². The number of hydrogen-bond acceptors (Lipinski definition) is 10. The van der Waals surface area contributed by atoms with Crippen LogP contribution in [0.3, 0.4) is 0 Å². The van der Waals surface area contributed by atoms with Gasteiger partial charge in [-0.2, -0.15) is 10.5 Å². The quantitative estimate of drug-likeness (QED) is 0.185. The number of aromatic nitrogens is 3. The Hall–Kier alpha value is -4.23. The molecule has 0 radical (unpaired) electrons. The number of rotatable bonds is 2. The topological polar surface area (TPSA) is 140 Å². The molecule has 2 aliphatic heterocycles. The molecule has 3 aliphatic carbocycles. The summed E-state index contributed by atoms with van der Waals surface area (Å²) >= 11 is 3.07. The van der Waals surface area contributed by atoms with Gasteiger partial charge in [-0.25, -0.2) is 18.2 Å². The van der Waals surface area contributed by atoms with Crippen LogP contribution in [0.4, 0.5) is 13.2 Å². The largest absolute Gasteiger partial charge is 0.348 e. The van der Waals surface area contributed by atoms with Gasteiger partial charge >= 0.3 is 0 Å². The van der Waals surface area contributed by atoms with Crippen molar-refractivity contribution in [3.05, 3.63) is 88.4 Å². The molecule has 0 bridgehead atoms. The molecule has 5 fully saturated rings. The van der Waals surface area contributed by atoms with Crippen LogP contribution in [0.15, 0.2) is 59.6 Å². The molecule has 0 atom stereocenters. The van der Waals surface area contributed by atoms with E-state index in [-0.39, 0.29) is 34.9 Å². The molecule has 14 heteroatoms. The average Bonchev–Trinajstić information content (AvgIpc) is 3.89. The molecule has 0 amide bonds. The fraction of sp³-hybridized carbons (Fsp3) is 0.512. The number of carbonyl (C=O) groups excluding carboxylic acids is 1. The van der Waals surface area contributed by atoms with Gasteiger partial charge in [0.1, 0.15) is 27.8 Å². The Labute approximate surface area is 327 Å². The maximum Gasteiger partial charge on any atom is 0.168 e. The molecule has 3 saturated carbocycles. The summed E-state index contributed by atoms with van der Waals surface area (Å²) < 4.78 is 60.8. The standard InChI is InChI=1S/C14H15FN2O2.C13H12FNO.C9H13NO2.C5H3BrFN/c15-11-1-2-12(17-9-11)13(10-16)3-5-14(6-4-13)18-7-8-19-14;1-2-13(7-5-11(16)6-8-13)12-4-3-10(14)9-15-12;10-7-8-1-3-9(4-2-8)11-5-6-12-9;6-5-2-1-4(7)3-8-5/h1-2,9H,3-8H2;1,3-4,9H,5-8H2;8H,1-6H2;1-3H. The molecule has 55 heavy (non-hydrogen) atoms. The van der Waals surface area contributed by atoms with Gasteiger partial charge in [0.25, 0.3) is 0 Å². The molecule has 0 aromatic carbocycles. The second-order valence-electron chi connectivity index (χ2n) is 14.1. The SMILES string of the molecule is C#CC1(c2ccc(F)cn2)CCC(=O)CC1.Fc1ccc(Br)nc1.N#CC1(c2ccc(F)cn2)CCC2(CC1)OCCO2.N#CC1CCC2(CC1)OCCO2. The third-order valence-electron chi connectivity index (χ3n) is 10.7. The van der Waals surface area contributed by atoms with Crippen molar-refractivity contribution in [2.45, 2.75) is 99.5 Å². The highest BCUT2D eigenvalue weighted by molar-refractivity contribution is 9.10. The third kappa shape index (κ3) is 11.0. The fourth-order valence-electron chi connectivity index (χ4n) is 7.35. The van der Waals surface area contributed by atoms with E-state index < -0.39 is 16.6 Å². The lowest BCUT2D eigenvalue weighted by atomic mass is 9.70. The van der Waals surface area contributed by atoms with E-state index >= 15 is 0 Å². The van der Waals surface area contributed by atoms with E-state index in [4.69, 9.17) is 30.6 Å². The first-order chi connectivity index (χ1) is 26.5. The monoisotopic (exact) mass is 821 g/mol. The number of nitriles is 2. The molecule has 3 aromatic heterocycles. The van der Waals surface area contributed by atoms with E-state index in [0.29, 0.717) is 80.6 Å². The Kier molecular flexibility index (Phi) is 14.5. The number of hydrogen-bond donors (Lipinski definition) is 0. The van der Waals surface area contributed by atoms with Gasteiger partial charge in [-0.05, 0) is 90.9 Å². The zero-order valence-electron chi connectivity index (χ0n) is 30.5. The molecule has 5 heterocycles. The Morgan fingerprint density at radius 1 is 0.655 bits per heavy atom. The highest BCUT2D eigenvalue weighted by Gasteiger charge is 2.48. The summed E-state index contributed by atoms with van der Waals surface area (Å²) in [6.07, 6.45) is 17.5. The third-order valence-corrected chi connectivity index (χ3v) is 11.2. The lowest BCUT2D eigenvalue weighted by molar-refractivity contribution is -0.182. The van der Waals surface area contributed by atoms with Crippen LogP contribution in [0.1, 0.15) is 88.4 Å². The van der Waals surface area contributed by atoms with Crippen molar-refractivity contribution in [3.8, 4) is 24.5 Å². The first-order valence-corrected chi connectivity index (χ1v) is 19.1. The van der Waals surface area contributed by atoms with Crippen molar-refractivity contribution < 1.29 is 36.9 Å². The number of Topliss-reactive ketones (excluding diaryl/α,β-unsaturated/α-hetero) is 1. The molecule has 2 spiro atoms. The Bertz CT molecular complexity index is 1800. The fourth-order valence-corrected chi connectivity index (χ4v) is 7.58. The maximum atomic E-state index is 12.9. The van der Waals surface area contributed by atoms with Crippen LogP contribution in [-0.4, -0.2) is 58.7 Å². The molecule has 3 aromatic rings. The summed E-state index contributed by atoms with van der Waals surface area (Å²) in [6, 6.07) is 13.5.